The molecule has 0 fully saturated rings. The van der Waals surface area contributed by atoms with Gasteiger partial charge in [-0.3, -0.25) is 0 Å². The van der Waals surface area contributed by atoms with Gasteiger partial charge in [-0.15, -0.1) is 0 Å². The van der Waals surface area contributed by atoms with Crippen molar-refractivity contribution in [2.45, 2.75) is 6.92 Å². The van der Waals surface area contributed by atoms with Crippen LogP contribution in [-0.2, 0) is 0 Å². The Morgan fingerprint density at radius 2 is 1.80 bits per heavy atom. The molecule has 15 heavy (non-hydrogen) atoms. The lowest BCUT2D eigenvalue weighted by Crippen LogP contribution is -1.96. The fourth-order valence-electron chi connectivity index (χ4n) is 1.07. The first kappa shape index (κ1) is 9.86. The van der Waals surface area contributed by atoms with E-state index in [0.29, 0.717) is 11.6 Å². The molecule has 0 aliphatic heterocycles. The molecule has 0 saturated heterocycles. The molecule has 0 unspecified atom stereocenters. The molecule has 0 amide bonds. The van der Waals surface area contributed by atoms with Crippen molar-refractivity contribution in [1.29, 1.82) is 0 Å². The van der Waals surface area contributed by atoms with E-state index in [1.165, 1.54) is 0 Å². The average Bonchev–Trinajstić information content (AvgIpc) is 2.17. The summed E-state index contributed by atoms with van der Waals surface area (Å²) in [6.07, 6.45) is 0. The van der Waals surface area contributed by atoms with Crippen LogP contribution in [0.15, 0.2) is 30.3 Å². The van der Waals surface area contributed by atoms with Gasteiger partial charge in [-0.1, -0.05) is 18.2 Å². The van der Waals surface area contributed by atoms with Crippen LogP contribution < -0.4 is 4.74 Å². The number of nitrogens with zero attached hydrogens (tertiary/aromatic N) is 3. The van der Waals surface area contributed by atoms with Crippen molar-refractivity contribution in [3.8, 4) is 11.8 Å². The van der Waals surface area contributed by atoms with E-state index in [0.717, 1.165) is 0 Å². The molecule has 0 N–H and O–H groups in total. The van der Waals surface area contributed by atoms with E-state index in [4.69, 9.17) is 16.3 Å². The van der Waals surface area contributed by atoms with Crippen molar-refractivity contribution in [2.75, 3.05) is 0 Å². The zero-order valence-corrected chi connectivity index (χ0v) is 8.77. The second-order valence-electron chi connectivity index (χ2n) is 2.85. The molecule has 1 aromatic heterocycles. The lowest BCUT2D eigenvalue weighted by Gasteiger charge is -2.03. The molecule has 0 radical (unpaired) electrons. The topological polar surface area (TPSA) is 47.9 Å². The number of aromatic nitrogens is 3. The van der Waals surface area contributed by atoms with Gasteiger partial charge in [-0.05, 0) is 30.7 Å². The second kappa shape index (κ2) is 4.23. The third-order valence-electron chi connectivity index (χ3n) is 1.65. The highest BCUT2D eigenvalue weighted by molar-refractivity contribution is 6.28. The van der Waals surface area contributed by atoms with Crippen molar-refractivity contribution in [2.24, 2.45) is 0 Å². The highest BCUT2D eigenvalue weighted by atomic mass is 35.5. The van der Waals surface area contributed by atoms with Crippen LogP contribution in [0, 0.1) is 6.92 Å². The smallest absolute Gasteiger partial charge is 0.326 e. The molecular formula is C10H8ClN3O. The first-order chi connectivity index (χ1) is 7.24. The summed E-state index contributed by atoms with van der Waals surface area (Å²) in [7, 11) is 0. The first-order valence-corrected chi connectivity index (χ1v) is 4.73. The minimum absolute atomic E-state index is 0.133. The van der Waals surface area contributed by atoms with Crippen LogP contribution in [0.4, 0.5) is 0 Å². The van der Waals surface area contributed by atoms with Gasteiger partial charge in [-0.2, -0.15) is 9.97 Å². The SMILES string of the molecule is Cc1nc(Cl)nc(Oc2ccccc2)n1. The normalized spacial score (nSPS) is 10.0. The number of aryl methyl sites for hydroxylation is 1. The zero-order valence-electron chi connectivity index (χ0n) is 8.01. The van der Waals surface area contributed by atoms with Gasteiger partial charge in [0.25, 0.3) is 0 Å². The molecule has 0 saturated carbocycles. The standard InChI is InChI=1S/C10H8ClN3O/c1-7-12-9(11)14-10(13-7)15-8-5-3-2-4-6-8/h2-6H,1H3. The summed E-state index contributed by atoms with van der Waals surface area (Å²) in [6, 6.07) is 9.47. The van der Waals surface area contributed by atoms with Crippen LogP contribution in [0.3, 0.4) is 0 Å². The molecule has 0 aliphatic carbocycles. The quantitative estimate of drug-likeness (QED) is 0.782. The van der Waals surface area contributed by atoms with Crippen LogP contribution in [0.2, 0.25) is 5.28 Å². The maximum Gasteiger partial charge on any atom is 0.326 e. The Hall–Kier alpha value is -1.68. The van der Waals surface area contributed by atoms with Gasteiger partial charge in [-0.25, -0.2) is 4.98 Å². The fourth-order valence-corrected chi connectivity index (χ4v) is 1.26. The largest absolute Gasteiger partial charge is 0.424 e. The van der Waals surface area contributed by atoms with Crippen LogP contribution in [0.1, 0.15) is 5.82 Å². The summed E-state index contributed by atoms with van der Waals surface area (Å²) in [5, 5.41) is 0.133. The molecule has 5 heteroatoms. The van der Waals surface area contributed by atoms with Crippen molar-refractivity contribution in [3.05, 3.63) is 41.4 Å². The van der Waals surface area contributed by atoms with Crippen LogP contribution in [0.25, 0.3) is 0 Å². The number of halogens is 1. The van der Waals surface area contributed by atoms with Crippen molar-refractivity contribution in [1.82, 2.24) is 15.0 Å². The van der Waals surface area contributed by atoms with E-state index in [1.54, 1.807) is 6.92 Å². The average molecular weight is 222 g/mol. The van der Waals surface area contributed by atoms with Gasteiger partial charge < -0.3 is 4.74 Å². The lowest BCUT2D eigenvalue weighted by atomic mass is 10.3. The molecule has 0 bridgehead atoms. The maximum atomic E-state index is 5.67. The zero-order chi connectivity index (χ0) is 10.7. The predicted octanol–water partition coefficient (Wildman–Crippen LogP) is 2.63. The molecule has 2 aromatic rings. The minimum atomic E-state index is 0.133. The van der Waals surface area contributed by atoms with Gasteiger partial charge in [0.15, 0.2) is 0 Å². The number of para-hydroxylation sites is 1. The summed E-state index contributed by atoms with van der Waals surface area (Å²) >= 11 is 5.67. The van der Waals surface area contributed by atoms with E-state index < -0.39 is 0 Å². The Morgan fingerprint density at radius 3 is 2.47 bits per heavy atom. The second-order valence-corrected chi connectivity index (χ2v) is 3.19. The summed E-state index contributed by atoms with van der Waals surface area (Å²) in [6.45, 7) is 1.73. The molecule has 0 spiro atoms. The number of hydrogen-bond donors (Lipinski definition) is 0. The molecule has 76 valence electrons. The van der Waals surface area contributed by atoms with Gasteiger partial charge in [0, 0.05) is 0 Å². The maximum absolute atomic E-state index is 5.67. The van der Waals surface area contributed by atoms with Gasteiger partial charge in [0.2, 0.25) is 5.28 Å². The summed E-state index contributed by atoms with van der Waals surface area (Å²) < 4.78 is 5.39. The number of ether oxygens (including phenoxy) is 1. The highest BCUT2D eigenvalue weighted by Crippen LogP contribution is 2.17. The summed E-state index contributed by atoms with van der Waals surface area (Å²) in [5.74, 6) is 1.19. The van der Waals surface area contributed by atoms with E-state index in [2.05, 4.69) is 15.0 Å². The number of benzene rings is 1. The number of rotatable bonds is 2. The monoisotopic (exact) mass is 221 g/mol. The summed E-state index contributed by atoms with van der Waals surface area (Å²) in [5.41, 5.74) is 0. The fraction of sp³-hybridized carbons (Fsp3) is 0.100. The van der Waals surface area contributed by atoms with E-state index >= 15 is 0 Å². The third-order valence-corrected chi connectivity index (χ3v) is 1.82. The van der Waals surface area contributed by atoms with E-state index in [1.807, 2.05) is 30.3 Å². The Morgan fingerprint density at radius 1 is 1.07 bits per heavy atom. The van der Waals surface area contributed by atoms with E-state index in [9.17, 15) is 0 Å². The molecule has 4 nitrogen and oxygen atoms in total. The van der Waals surface area contributed by atoms with Crippen LogP contribution in [0.5, 0.6) is 11.8 Å². The van der Waals surface area contributed by atoms with Crippen LogP contribution >= 0.6 is 11.6 Å². The Labute approximate surface area is 91.9 Å². The Kier molecular flexibility index (Phi) is 2.78. The van der Waals surface area contributed by atoms with E-state index in [-0.39, 0.29) is 11.3 Å². The van der Waals surface area contributed by atoms with Gasteiger partial charge in [0.1, 0.15) is 11.6 Å². The molecule has 0 aliphatic rings. The predicted molar refractivity (Wildman–Crippen MR) is 56.1 cm³/mol. The first-order valence-electron chi connectivity index (χ1n) is 4.35. The van der Waals surface area contributed by atoms with Crippen molar-refractivity contribution >= 4 is 11.6 Å². The highest BCUT2D eigenvalue weighted by Gasteiger charge is 2.03. The number of hydrogen-bond acceptors (Lipinski definition) is 4. The third kappa shape index (κ3) is 2.63. The molecular weight excluding hydrogens is 214 g/mol. The molecule has 1 heterocycles. The lowest BCUT2D eigenvalue weighted by molar-refractivity contribution is 0.437. The molecule has 1 aromatic carbocycles. The Bertz CT molecular complexity index is 441. The summed E-state index contributed by atoms with van der Waals surface area (Å²) in [4.78, 5) is 11.7. The molecule has 2 rings (SSSR count). The van der Waals surface area contributed by atoms with Gasteiger partial charge in [0.05, 0.1) is 0 Å². The van der Waals surface area contributed by atoms with Crippen LogP contribution in [-0.4, -0.2) is 15.0 Å². The minimum Gasteiger partial charge on any atom is -0.424 e. The van der Waals surface area contributed by atoms with Gasteiger partial charge >= 0.3 is 6.01 Å². The Balaban J connectivity index is 2.25. The van der Waals surface area contributed by atoms with Crippen molar-refractivity contribution < 1.29 is 4.74 Å². The molecule has 0 atom stereocenters. The van der Waals surface area contributed by atoms with Crippen molar-refractivity contribution in [3.63, 3.8) is 0 Å².